The molecule has 2 heteroatoms. The fraction of sp³-hybridized carbons (Fsp3) is 0.571. The van der Waals surface area contributed by atoms with Gasteiger partial charge in [0.2, 0.25) is 0 Å². The van der Waals surface area contributed by atoms with E-state index in [4.69, 9.17) is 0 Å². The summed E-state index contributed by atoms with van der Waals surface area (Å²) in [4.78, 5) is 0. The van der Waals surface area contributed by atoms with Crippen molar-refractivity contribution < 1.29 is 9.50 Å². The number of hydrogen-bond donors (Lipinski definition) is 1. The van der Waals surface area contributed by atoms with Crippen LogP contribution in [0, 0.1) is 31.0 Å². The van der Waals surface area contributed by atoms with Crippen molar-refractivity contribution in [1.29, 1.82) is 0 Å². The average Bonchev–Trinajstić information content (AvgIpc) is 2.82. The van der Waals surface area contributed by atoms with Crippen LogP contribution in [0.15, 0.2) is 12.1 Å². The fourth-order valence-electron chi connectivity index (χ4n) is 2.43. The van der Waals surface area contributed by atoms with Crippen LogP contribution in [-0.4, -0.2) is 5.11 Å². The highest BCUT2D eigenvalue weighted by Gasteiger charge is 2.50. The molecule has 0 aromatic heterocycles. The predicted molar refractivity (Wildman–Crippen MR) is 62.7 cm³/mol. The molecule has 0 saturated heterocycles. The molecule has 2 atom stereocenters. The van der Waals surface area contributed by atoms with Gasteiger partial charge in [0.15, 0.2) is 0 Å². The van der Waals surface area contributed by atoms with Crippen molar-refractivity contribution in [3.63, 3.8) is 0 Å². The Bertz CT molecular complexity index is 400. The summed E-state index contributed by atoms with van der Waals surface area (Å²) in [7, 11) is 0. The van der Waals surface area contributed by atoms with Crippen LogP contribution in [0.3, 0.4) is 0 Å². The van der Waals surface area contributed by atoms with E-state index in [1.807, 2.05) is 0 Å². The fourth-order valence-corrected chi connectivity index (χ4v) is 2.43. The van der Waals surface area contributed by atoms with Crippen molar-refractivity contribution in [3.05, 3.63) is 34.6 Å². The molecule has 1 saturated carbocycles. The van der Waals surface area contributed by atoms with Gasteiger partial charge in [0, 0.05) is 0 Å². The van der Waals surface area contributed by atoms with E-state index in [2.05, 4.69) is 13.8 Å². The monoisotopic (exact) mass is 222 g/mol. The molecule has 0 bridgehead atoms. The van der Waals surface area contributed by atoms with E-state index in [1.54, 1.807) is 26.0 Å². The first kappa shape index (κ1) is 11.6. The topological polar surface area (TPSA) is 20.2 Å². The molecule has 1 aliphatic carbocycles. The van der Waals surface area contributed by atoms with Crippen LogP contribution < -0.4 is 0 Å². The molecule has 0 amide bonds. The summed E-state index contributed by atoms with van der Waals surface area (Å²) in [6, 6.07) is 3.53. The molecule has 1 N–H and O–H groups in total. The van der Waals surface area contributed by atoms with Gasteiger partial charge in [-0.2, -0.15) is 0 Å². The van der Waals surface area contributed by atoms with Crippen LogP contribution in [0.5, 0.6) is 0 Å². The second-order valence-corrected chi connectivity index (χ2v) is 5.71. The number of hydrogen-bond acceptors (Lipinski definition) is 1. The molecule has 0 spiro atoms. The molecular formula is C14H19FO. The largest absolute Gasteiger partial charge is 0.388 e. The van der Waals surface area contributed by atoms with Crippen LogP contribution in [0.25, 0.3) is 0 Å². The Labute approximate surface area is 96.3 Å². The summed E-state index contributed by atoms with van der Waals surface area (Å²) in [6.45, 7) is 7.81. The average molecular weight is 222 g/mol. The molecule has 1 nitrogen and oxygen atoms in total. The maximum atomic E-state index is 13.5. The third-order valence-electron chi connectivity index (χ3n) is 3.77. The van der Waals surface area contributed by atoms with Crippen molar-refractivity contribution in [3.8, 4) is 0 Å². The van der Waals surface area contributed by atoms with Gasteiger partial charge < -0.3 is 5.11 Å². The van der Waals surface area contributed by atoms with Gasteiger partial charge in [-0.3, -0.25) is 0 Å². The van der Waals surface area contributed by atoms with Crippen LogP contribution in [0.2, 0.25) is 0 Å². The maximum absolute atomic E-state index is 13.5. The highest BCUT2D eigenvalue weighted by atomic mass is 19.1. The van der Waals surface area contributed by atoms with Gasteiger partial charge in [0.05, 0.1) is 6.10 Å². The minimum atomic E-state index is -0.451. The molecular weight excluding hydrogens is 203 g/mol. The van der Waals surface area contributed by atoms with E-state index in [0.717, 1.165) is 12.0 Å². The van der Waals surface area contributed by atoms with Gasteiger partial charge in [-0.15, -0.1) is 0 Å². The lowest BCUT2D eigenvalue weighted by Crippen LogP contribution is -2.06. The Morgan fingerprint density at radius 3 is 2.12 bits per heavy atom. The first-order valence-corrected chi connectivity index (χ1v) is 5.77. The number of aryl methyl sites for hydroxylation is 2. The number of aliphatic hydroxyl groups excluding tert-OH is 1. The lowest BCUT2D eigenvalue weighted by atomic mass is 9.96. The zero-order valence-corrected chi connectivity index (χ0v) is 10.3. The minimum absolute atomic E-state index is 0.161. The summed E-state index contributed by atoms with van der Waals surface area (Å²) in [5.74, 6) is 0.155. The van der Waals surface area contributed by atoms with Crippen LogP contribution in [0.1, 0.15) is 43.1 Å². The van der Waals surface area contributed by atoms with E-state index in [9.17, 15) is 9.50 Å². The lowest BCUT2D eigenvalue weighted by Gasteiger charge is -2.15. The molecule has 2 rings (SSSR count). The standard InChI is InChI=1S/C14H19FO/c1-8-5-10(6-9(2)12(8)15)13(16)11-7-14(11,3)4/h5-6,11,13,16H,7H2,1-4H3. The van der Waals surface area contributed by atoms with Gasteiger partial charge in [0.1, 0.15) is 5.82 Å². The Kier molecular flexibility index (Phi) is 2.58. The summed E-state index contributed by atoms with van der Waals surface area (Å²) in [5.41, 5.74) is 2.32. The zero-order valence-electron chi connectivity index (χ0n) is 10.3. The summed E-state index contributed by atoms with van der Waals surface area (Å²) >= 11 is 0. The zero-order chi connectivity index (χ0) is 12.1. The van der Waals surface area contributed by atoms with Crippen LogP contribution >= 0.6 is 0 Å². The third kappa shape index (κ3) is 1.86. The highest BCUT2D eigenvalue weighted by molar-refractivity contribution is 5.33. The normalized spacial score (nSPS) is 24.2. The molecule has 1 aromatic carbocycles. The summed E-state index contributed by atoms with van der Waals surface area (Å²) in [5, 5.41) is 10.2. The van der Waals surface area contributed by atoms with Crippen molar-refractivity contribution in [1.82, 2.24) is 0 Å². The van der Waals surface area contributed by atoms with E-state index in [-0.39, 0.29) is 11.2 Å². The van der Waals surface area contributed by atoms with Crippen molar-refractivity contribution in [2.45, 2.75) is 40.2 Å². The Morgan fingerprint density at radius 1 is 1.31 bits per heavy atom. The third-order valence-corrected chi connectivity index (χ3v) is 3.77. The molecule has 16 heavy (non-hydrogen) atoms. The molecule has 0 aliphatic heterocycles. The second-order valence-electron chi connectivity index (χ2n) is 5.71. The van der Waals surface area contributed by atoms with Crippen molar-refractivity contribution >= 4 is 0 Å². The van der Waals surface area contributed by atoms with Gasteiger partial charge >= 0.3 is 0 Å². The molecule has 1 aromatic rings. The SMILES string of the molecule is Cc1cc(C(O)C2CC2(C)C)cc(C)c1F. The molecule has 2 unspecified atom stereocenters. The number of rotatable bonds is 2. The lowest BCUT2D eigenvalue weighted by molar-refractivity contribution is 0.138. The first-order valence-electron chi connectivity index (χ1n) is 5.77. The molecule has 88 valence electrons. The van der Waals surface area contributed by atoms with E-state index < -0.39 is 6.10 Å². The van der Waals surface area contributed by atoms with Crippen LogP contribution in [0.4, 0.5) is 4.39 Å². The van der Waals surface area contributed by atoms with Crippen molar-refractivity contribution in [2.75, 3.05) is 0 Å². The van der Waals surface area contributed by atoms with Crippen LogP contribution in [-0.2, 0) is 0 Å². The first-order chi connectivity index (χ1) is 7.33. The minimum Gasteiger partial charge on any atom is -0.388 e. The Hall–Kier alpha value is -0.890. The number of halogens is 1. The molecule has 1 aliphatic rings. The highest BCUT2D eigenvalue weighted by Crippen LogP contribution is 2.57. The number of benzene rings is 1. The Morgan fingerprint density at radius 2 is 1.75 bits per heavy atom. The summed E-state index contributed by atoms with van der Waals surface area (Å²) < 4.78 is 13.5. The molecule has 0 radical (unpaired) electrons. The van der Waals surface area contributed by atoms with E-state index in [1.165, 1.54) is 0 Å². The van der Waals surface area contributed by atoms with E-state index >= 15 is 0 Å². The van der Waals surface area contributed by atoms with Gasteiger partial charge in [0.25, 0.3) is 0 Å². The van der Waals surface area contributed by atoms with Gasteiger partial charge in [-0.1, -0.05) is 26.0 Å². The molecule has 0 heterocycles. The maximum Gasteiger partial charge on any atom is 0.129 e. The predicted octanol–water partition coefficient (Wildman–Crippen LogP) is 3.52. The Balaban J connectivity index is 2.28. The summed E-state index contributed by atoms with van der Waals surface area (Å²) in [6.07, 6.45) is 0.594. The molecule has 1 fully saturated rings. The van der Waals surface area contributed by atoms with Gasteiger partial charge in [-0.25, -0.2) is 4.39 Å². The van der Waals surface area contributed by atoms with Gasteiger partial charge in [-0.05, 0) is 48.3 Å². The van der Waals surface area contributed by atoms with E-state index in [0.29, 0.717) is 17.0 Å². The second kappa shape index (κ2) is 3.56. The quantitative estimate of drug-likeness (QED) is 0.811. The van der Waals surface area contributed by atoms with Crippen molar-refractivity contribution in [2.24, 2.45) is 11.3 Å². The number of aliphatic hydroxyl groups is 1. The smallest absolute Gasteiger partial charge is 0.129 e.